The van der Waals surface area contributed by atoms with Crippen LogP contribution in [0.2, 0.25) is 0 Å². The Bertz CT molecular complexity index is 3160. The Morgan fingerprint density at radius 1 is 0.456 bits per heavy atom. The summed E-state index contributed by atoms with van der Waals surface area (Å²) < 4.78 is 58.4. The SMILES string of the molecule is Cc1ccnc(-n2c3ccccc3c3ccc(Oc4cc(Oc5ccc6c7ccccc7n(-c7cc(C(F)(F)F)ccn7)c6c5)cc(-c5ncccn5)c4)cc32)c1. The number of rotatable bonds is 7. The molecule has 0 amide bonds. The maximum absolute atomic E-state index is 13.8. The van der Waals surface area contributed by atoms with Crippen molar-refractivity contribution >= 4 is 43.6 Å². The zero-order valence-corrected chi connectivity index (χ0v) is 30.1. The summed E-state index contributed by atoms with van der Waals surface area (Å²) in [4.78, 5) is 18.0. The van der Waals surface area contributed by atoms with Gasteiger partial charge < -0.3 is 9.47 Å². The minimum atomic E-state index is -4.53. The predicted octanol–water partition coefficient (Wildman–Crippen LogP) is 12.0. The molecule has 276 valence electrons. The maximum atomic E-state index is 13.8. The number of halogens is 3. The van der Waals surface area contributed by atoms with Crippen LogP contribution in [0, 0.1) is 6.92 Å². The summed E-state index contributed by atoms with van der Waals surface area (Å²) in [7, 11) is 0. The summed E-state index contributed by atoms with van der Waals surface area (Å²) in [5, 5.41) is 3.86. The van der Waals surface area contributed by atoms with Crippen LogP contribution in [-0.4, -0.2) is 29.1 Å². The number of fused-ring (bicyclic) bond motifs is 6. The Morgan fingerprint density at radius 3 is 1.54 bits per heavy atom. The standard InChI is InChI=1S/C46H29F3N6O2/c1-28-15-19-50-43(21-28)54-39-9-4-2-7-35(39)37-13-11-31(26-41(37)54)56-33-22-29(45-52-17-6-18-53-45)23-34(25-33)57-32-12-14-38-36-8-3-5-10-40(36)55(42(38)27-32)44-24-30(16-20-51-44)46(47,48)49/h2-27H,1H3. The molecule has 0 aliphatic heterocycles. The maximum Gasteiger partial charge on any atom is 0.416 e. The summed E-state index contributed by atoms with van der Waals surface area (Å²) in [6.45, 7) is 2.04. The molecule has 8 nitrogen and oxygen atoms in total. The van der Waals surface area contributed by atoms with E-state index in [2.05, 4.69) is 43.8 Å². The van der Waals surface area contributed by atoms with Crippen molar-refractivity contribution in [2.24, 2.45) is 0 Å². The van der Waals surface area contributed by atoms with Crippen LogP contribution < -0.4 is 9.47 Å². The van der Waals surface area contributed by atoms with Crippen LogP contribution in [0.1, 0.15) is 11.1 Å². The second-order valence-electron chi connectivity index (χ2n) is 13.6. The molecule has 0 bridgehead atoms. The van der Waals surface area contributed by atoms with E-state index in [9.17, 15) is 13.2 Å². The topological polar surface area (TPSA) is 79.9 Å². The first-order valence-corrected chi connectivity index (χ1v) is 18.1. The smallest absolute Gasteiger partial charge is 0.416 e. The van der Waals surface area contributed by atoms with Crippen molar-refractivity contribution < 1.29 is 22.6 Å². The van der Waals surface area contributed by atoms with Gasteiger partial charge in [0, 0.05) is 70.1 Å². The van der Waals surface area contributed by atoms with Crippen molar-refractivity contribution in [3.05, 3.63) is 169 Å². The van der Waals surface area contributed by atoms with Crippen LogP contribution >= 0.6 is 0 Å². The molecule has 0 unspecified atom stereocenters. The van der Waals surface area contributed by atoms with Gasteiger partial charge in [0.15, 0.2) is 5.82 Å². The van der Waals surface area contributed by atoms with E-state index in [1.165, 1.54) is 6.20 Å². The van der Waals surface area contributed by atoms with Crippen molar-refractivity contribution in [1.82, 2.24) is 29.1 Å². The lowest BCUT2D eigenvalue weighted by Crippen LogP contribution is -2.07. The Kier molecular flexibility index (Phi) is 7.96. The lowest BCUT2D eigenvalue weighted by Gasteiger charge is -2.13. The van der Waals surface area contributed by atoms with Gasteiger partial charge in [-0.3, -0.25) is 9.13 Å². The van der Waals surface area contributed by atoms with Crippen molar-refractivity contribution in [3.8, 4) is 46.0 Å². The van der Waals surface area contributed by atoms with E-state index in [1.807, 2.05) is 92.0 Å². The molecule has 0 N–H and O–H groups in total. The van der Waals surface area contributed by atoms with E-state index < -0.39 is 11.7 Å². The minimum absolute atomic E-state index is 0.140. The van der Waals surface area contributed by atoms with E-state index >= 15 is 0 Å². The number of para-hydroxylation sites is 2. The molecule has 57 heavy (non-hydrogen) atoms. The lowest BCUT2D eigenvalue weighted by atomic mass is 10.1. The number of alkyl halides is 3. The van der Waals surface area contributed by atoms with Crippen LogP contribution in [0.5, 0.6) is 23.0 Å². The first kappa shape index (κ1) is 34.0. The third-order valence-electron chi connectivity index (χ3n) is 9.90. The van der Waals surface area contributed by atoms with Crippen molar-refractivity contribution in [1.29, 1.82) is 0 Å². The largest absolute Gasteiger partial charge is 0.457 e. The van der Waals surface area contributed by atoms with Gasteiger partial charge in [0.05, 0.1) is 27.6 Å². The van der Waals surface area contributed by atoms with E-state index in [-0.39, 0.29) is 5.82 Å². The number of ether oxygens (including phenoxy) is 2. The number of benzene rings is 5. The molecule has 0 spiro atoms. The quantitative estimate of drug-likeness (QED) is 0.161. The summed E-state index contributed by atoms with van der Waals surface area (Å²) in [5.74, 6) is 3.38. The van der Waals surface area contributed by atoms with E-state index in [4.69, 9.17) is 14.5 Å². The molecule has 10 rings (SSSR count). The third-order valence-corrected chi connectivity index (χ3v) is 9.90. The van der Waals surface area contributed by atoms with Gasteiger partial charge in [0.1, 0.15) is 34.6 Å². The van der Waals surface area contributed by atoms with Gasteiger partial charge in [0.2, 0.25) is 0 Å². The average molecular weight is 755 g/mol. The van der Waals surface area contributed by atoms with Crippen molar-refractivity contribution in [2.75, 3.05) is 0 Å². The molecular weight excluding hydrogens is 726 g/mol. The van der Waals surface area contributed by atoms with Crippen molar-refractivity contribution in [2.45, 2.75) is 13.1 Å². The van der Waals surface area contributed by atoms with Crippen LogP contribution in [-0.2, 0) is 6.18 Å². The molecule has 0 aliphatic rings. The van der Waals surface area contributed by atoms with Crippen LogP contribution in [0.4, 0.5) is 13.2 Å². The molecule has 10 aromatic rings. The number of nitrogens with zero attached hydrogens (tertiary/aromatic N) is 6. The Balaban J connectivity index is 1.07. The first-order valence-electron chi connectivity index (χ1n) is 18.1. The normalized spacial score (nSPS) is 11.9. The molecule has 0 atom stereocenters. The van der Waals surface area contributed by atoms with Gasteiger partial charge in [-0.05, 0) is 91.3 Å². The van der Waals surface area contributed by atoms with Gasteiger partial charge in [0.25, 0.3) is 0 Å². The van der Waals surface area contributed by atoms with Crippen LogP contribution in [0.25, 0.3) is 66.6 Å². The second kappa shape index (κ2) is 13.3. The zero-order chi connectivity index (χ0) is 38.7. The van der Waals surface area contributed by atoms with E-state index in [0.717, 1.165) is 56.1 Å². The first-order chi connectivity index (χ1) is 27.8. The lowest BCUT2D eigenvalue weighted by molar-refractivity contribution is -0.137. The fourth-order valence-electron chi connectivity index (χ4n) is 7.42. The summed E-state index contributed by atoms with van der Waals surface area (Å²) in [5.41, 5.74) is 4.28. The third kappa shape index (κ3) is 6.15. The molecular formula is C46H29F3N6O2. The van der Waals surface area contributed by atoms with E-state index in [1.54, 1.807) is 35.2 Å². The number of aryl methyl sites for hydroxylation is 1. The molecule has 11 heteroatoms. The van der Waals surface area contributed by atoms with Gasteiger partial charge in [-0.1, -0.05) is 36.4 Å². The molecule has 5 heterocycles. The van der Waals surface area contributed by atoms with Crippen LogP contribution in [0.3, 0.4) is 0 Å². The van der Waals surface area contributed by atoms with Gasteiger partial charge >= 0.3 is 6.18 Å². The highest BCUT2D eigenvalue weighted by molar-refractivity contribution is 6.10. The Morgan fingerprint density at radius 2 is 0.982 bits per heavy atom. The number of pyridine rings is 2. The summed E-state index contributed by atoms with van der Waals surface area (Å²) >= 11 is 0. The number of hydrogen-bond donors (Lipinski definition) is 0. The highest BCUT2D eigenvalue weighted by Crippen LogP contribution is 2.40. The fraction of sp³-hybridized carbons (Fsp3) is 0.0435. The molecule has 5 aromatic heterocycles. The molecule has 0 saturated carbocycles. The van der Waals surface area contributed by atoms with Crippen molar-refractivity contribution in [3.63, 3.8) is 0 Å². The highest BCUT2D eigenvalue weighted by Gasteiger charge is 2.31. The molecule has 5 aromatic carbocycles. The van der Waals surface area contributed by atoms with Gasteiger partial charge in [-0.2, -0.15) is 13.2 Å². The zero-order valence-electron chi connectivity index (χ0n) is 30.1. The van der Waals surface area contributed by atoms with Crippen LogP contribution in [0.15, 0.2) is 158 Å². The average Bonchev–Trinajstić information content (AvgIpc) is 3.73. The minimum Gasteiger partial charge on any atom is -0.457 e. The predicted molar refractivity (Wildman–Crippen MR) is 215 cm³/mol. The molecule has 0 saturated heterocycles. The number of hydrogen-bond acceptors (Lipinski definition) is 6. The Labute approximate surface area is 323 Å². The monoisotopic (exact) mass is 754 g/mol. The molecule has 0 aliphatic carbocycles. The molecule has 0 radical (unpaired) electrons. The molecule has 0 fully saturated rings. The summed E-state index contributed by atoms with van der Waals surface area (Å²) in [6.07, 6.45) is 1.78. The number of aromatic nitrogens is 6. The second-order valence-corrected chi connectivity index (χ2v) is 13.6. The highest BCUT2D eigenvalue weighted by atomic mass is 19.4. The van der Waals surface area contributed by atoms with E-state index in [0.29, 0.717) is 45.4 Å². The summed E-state index contributed by atoms with van der Waals surface area (Å²) in [6, 6.07) is 40.5. The van der Waals surface area contributed by atoms with Gasteiger partial charge in [-0.25, -0.2) is 19.9 Å². The fourth-order valence-corrected chi connectivity index (χ4v) is 7.42. The Hall–Kier alpha value is -7.53. The van der Waals surface area contributed by atoms with Gasteiger partial charge in [-0.15, -0.1) is 0 Å².